The molecule has 3 aromatic rings. The van der Waals surface area contributed by atoms with Crippen molar-refractivity contribution in [2.75, 3.05) is 13.1 Å². The second-order valence-electron chi connectivity index (χ2n) is 7.03. The normalized spacial score (nSPS) is 16.3. The molecule has 0 radical (unpaired) electrons. The van der Waals surface area contributed by atoms with E-state index in [-0.39, 0.29) is 11.8 Å². The average Bonchev–Trinajstić information content (AvgIpc) is 3.40. The first kappa shape index (κ1) is 18.0. The van der Waals surface area contributed by atoms with Crippen molar-refractivity contribution in [2.24, 2.45) is 0 Å². The maximum Gasteiger partial charge on any atom is 0.335 e. The summed E-state index contributed by atoms with van der Waals surface area (Å²) in [6.07, 6.45) is 4.39. The third-order valence-corrected chi connectivity index (χ3v) is 5.18. The van der Waals surface area contributed by atoms with Crippen LogP contribution in [0.15, 0.2) is 67.0 Å². The fourth-order valence-corrected chi connectivity index (χ4v) is 3.81. The molecule has 1 amide bonds. The topological polar surface area (TPSA) is 75.4 Å². The Morgan fingerprint density at radius 1 is 1.11 bits per heavy atom. The summed E-state index contributed by atoms with van der Waals surface area (Å²) >= 11 is 0. The molecule has 1 unspecified atom stereocenters. The molecule has 1 atom stereocenters. The van der Waals surface area contributed by atoms with Crippen LogP contribution in [0.3, 0.4) is 0 Å². The lowest BCUT2D eigenvalue weighted by Gasteiger charge is -2.18. The third-order valence-electron chi connectivity index (χ3n) is 5.18. The number of rotatable bonds is 5. The van der Waals surface area contributed by atoms with Crippen LogP contribution < -0.4 is 0 Å². The molecule has 1 fully saturated rings. The van der Waals surface area contributed by atoms with Gasteiger partial charge in [0.15, 0.2) is 0 Å². The van der Waals surface area contributed by atoms with Crippen LogP contribution in [0.5, 0.6) is 0 Å². The largest absolute Gasteiger partial charge is 0.478 e. The molecule has 2 aromatic carbocycles. The third kappa shape index (κ3) is 3.67. The number of carbonyl (C=O) groups excluding carboxylic acids is 1. The Bertz CT molecular complexity index is 998. The van der Waals surface area contributed by atoms with Crippen LogP contribution in [0.25, 0.3) is 0 Å². The number of carboxylic acids is 1. The molecule has 6 heteroatoms. The highest BCUT2D eigenvalue weighted by atomic mass is 16.4. The molecule has 142 valence electrons. The first-order valence-electron chi connectivity index (χ1n) is 9.29. The minimum Gasteiger partial charge on any atom is -0.478 e. The smallest absolute Gasteiger partial charge is 0.335 e. The van der Waals surface area contributed by atoms with Crippen LogP contribution in [0.1, 0.15) is 44.2 Å². The number of hydrogen-bond donors (Lipinski definition) is 1. The SMILES string of the molecule is O=C(O)c1ccccc1C1CCN(C(=O)c2cccc(Cn3cccn3)c2)C1. The number of aromatic carboxylic acids is 1. The summed E-state index contributed by atoms with van der Waals surface area (Å²) in [4.78, 5) is 26.3. The van der Waals surface area contributed by atoms with Crippen molar-refractivity contribution in [3.63, 3.8) is 0 Å². The van der Waals surface area contributed by atoms with Crippen LogP contribution in [-0.4, -0.2) is 44.8 Å². The van der Waals surface area contributed by atoms with Gasteiger partial charge in [0.25, 0.3) is 5.91 Å². The van der Waals surface area contributed by atoms with E-state index >= 15 is 0 Å². The highest BCUT2D eigenvalue weighted by Crippen LogP contribution is 2.30. The standard InChI is InChI=1S/C22H21N3O3/c26-21(17-6-3-5-16(13-17)14-25-11-4-10-23-25)24-12-9-18(15-24)19-7-1-2-8-20(19)22(27)28/h1-8,10-11,13,18H,9,12,14-15H2,(H,27,28). The van der Waals surface area contributed by atoms with Gasteiger partial charge in [-0.3, -0.25) is 9.48 Å². The van der Waals surface area contributed by atoms with Gasteiger partial charge in [0.1, 0.15) is 0 Å². The van der Waals surface area contributed by atoms with E-state index in [0.717, 1.165) is 17.5 Å². The Morgan fingerprint density at radius 3 is 2.75 bits per heavy atom. The number of aromatic nitrogens is 2. The van der Waals surface area contributed by atoms with E-state index in [9.17, 15) is 14.7 Å². The number of amides is 1. The van der Waals surface area contributed by atoms with Crippen molar-refractivity contribution >= 4 is 11.9 Å². The molecule has 1 aromatic heterocycles. The molecule has 0 aliphatic carbocycles. The Hall–Kier alpha value is -3.41. The first-order valence-corrected chi connectivity index (χ1v) is 9.29. The van der Waals surface area contributed by atoms with Gasteiger partial charge in [-0.1, -0.05) is 30.3 Å². The van der Waals surface area contributed by atoms with Gasteiger partial charge in [0, 0.05) is 37.0 Å². The Balaban J connectivity index is 1.49. The van der Waals surface area contributed by atoms with Gasteiger partial charge in [0.2, 0.25) is 0 Å². The molecule has 1 saturated heterocycles. The predicted molar refractivity (Wildman–Crippen MR) is 104 cm³/mol. The summed E-state index contributed by atoms with van der Waals surface area (Å²) in [5, 5.41) is 13.6. The zero-order valence-electron chi connectivity index (χ0n) is 15.4. The van der Waals surface area contributed by atoms with Crippen molar-refractivity contribution in [1.29, 1.82) is 0 Å². The Morgan fingerprint density at radius 2 is 1.96 bits per heavy atom. The maximum absolute atomic E-state index is 13.0. The van der Waals surface area contributed by atoms with Gasteiger partial charge in [-0.2, -0.15) is 5.10 Å². The summed E-state index contributed by atoms with van der Waals surface area (Å²) in [5.74, 6) is -0.896. The van der Waals surface area contributed by atoms with E-state index in [1.165, 1.54) is 0 Å². The molecule has 0 bridgehead atoms. The summed E-state index contributed by atoms with van der Waals surface area (Å²) < 4.78 is 1.82. The van der Waals surface area contributed by atoms with Gasteiger partial charge in [-0.05, 0) is 41.8 Å². The molecule has 0 spiro atoms. The summed E-state index contributed by atoms with van der Waals surface area (Å²) in [5.41, 5.74) is 2.79. The lowest BCUT2D eigenvalue weighted by Crippen LogP contribution is -2.28. The number of nitrogens with zero attached hydrogens (tertiary/aromatic N) is 3. The number of likely N-dealkylation sites (tertiary alicyclic amines) is 1. The second kappa shape index (κ2) is 7.68. The van der Waals surface area contributed by atoms with Crippen LogP contribution in [-0.2, 0) is 6.54 Å². The molecular weight excluding hydrogens is 354 g/mol. The fraction of sp³-hybridized carbons (Fsp3) is 0.227. The van der Waals surface area contributed by atoms with Gasteiger partial charge in [-0.15, -0.1) is 0 Å². The number of carbonyl (C=O) groups is 2. The van der Waals surface area contributed by atoms with E-state index in [1.54, 1.807) is 18.3 Å². The van der Waals surface area contributed by atoms with Crippen molar-refractivity contribution in [3.05, 3.63) is 89.2 Å². The van der Waals surface area contributed by atoms with Crippen LogP contribution >= 0.6 is 0 Å². The summed E-state index contributed by atoms with van der Waals surface area (Å²) in [6.45, 7) is 1.77. The zero-order chi connectivity index (χ0) is 19.5. The lowest BCUT2D eigenvalue weighted by molar-refractivity contribution is 0.0695. The Labute approximate surface area is 163 Å². The van der Waals surface area contributed by atoms with E-state index in [4.69, 9.17) is 0 Å². The second-order valence-corrected chi connectivity index (χ2v) is 7.03. The lowest BCUT2D eigenvalue weighted by atomic mass is 9.93. The van der Waals surface area contributed by atoms with E-state index in [0.29, 0.717) is 30.8 Å². The quantitative estimate of drug-likeness (QED) is 0.743. The molecule has 1 N–H and O–H groups in total. The predicted octanol–water partition coefficient (Wildman–Crippen LogP) is 3.26. The summed E-state index contributed by atoms with van der Waals surface area (Å²) in [7, 11) is 0. The van der Waals surface area contributed by atoms with Crippen LogP contribution in [0.4, 0.5) is 0 Å². The zero-order valence-corrected chi connectivity index (χ0v) is 15.4. The van der Waals surface area contributed by atoms with Crippen molar-refractivity contribution in [2.45, 2.75) is 18.9 Å². The molecule has 6 nitrogen and oxygen atoms in total. The van der Waals surface area contributed by atoms with Gasteiger partial charge >= 0.3 is 5.97 Å². The molecule has 4 rings (SSSR count). The minimum absolute atomic E-state index is 0.0161. The van der Waals surface area contributed by atoms with E-state index in [1.807, 2.05) is 58.2 Å². The number of hydrogen-bond acceptors (Lipinski definition) is 3. The maximum atomic E-state index is 13.0. The molecule has 2 heterocycles. The molecule has 0 saturated carbocycles. The van der Waals surface area contributed by atoms with Crippen molar-refractivity contribution < 1.29 is 14.7 Å². The van der Waals surface area contributed by atoms with E-state index < -0.39 is 5.97 Å². The summed E-state index contributed by atoms with van der Waals surface area (Å²) in [6, 6.07) is 16.5. The average molecular weight is 375 g/mol. The highest BCUT2D eigenvalue weighted by Gasteiger charge is 2.30. The van der Waals surface area contributed by atoms with Crippen molar-refractivity contribution in [1.82, 2.24) is 14.7 Å². The Kier molecular flexibility index (Phi) is 4.93. The van der Waals surface area contributed by atoms with Gasteiger partial charge < -0.3 is 10.0 Å². The molecule has 1 aliphatic heterocycles. The highest BCUT2D eigenvalue weighted by molar-refractivity contribution is 5.95. The number of carboxylic acid groups (broad SMARTS) is 1. The fourth-order valence-electron chi connectivity index (χ4n) is 3.81. The first-order chi connectivity index (χ1) is 13.6. The van der Waals surface area contributed by atoms with Gasteiger partial charge in [0.05, 0.1) is 12.1 Å². The molecule has 28 heavy (non-hydrogen) atoms. The minimum atomic E-state index is -0.924. The van der Waals surface area contributed by atoms with Gasteiger partial charge in [-0.25, -0.2) is 4.79 Å². The van der Waals surface area contributed by atoms with Crippen molar-refractivity contribution in [3.8, 4) is 0 Å². The monoisotopic (exact) mass is 375 g/mol. The van der Waals surface area contributed by atoms with Crippen LogP contribution in [0.2, 0.25) is 0 Å². The molecule has 1 aliphatic rings. The molecular formula is C22H21N3O3. The van der Waals surface area contributed by atoms with Crippen LogP contribution in [0, 0.1) is 0 Å². The number of benzene rings is 2. The van der Waals surface area contributed by atoms with E-state index in [2.05, 4.69) is 5.10 Å².